The fourth-order valence-corrected chi connectivity index (χ4v) is 2.79. The maximum absolute atomic E-state index is 12.2. The fourth-order valence-electron chi connectivity index (χ4n) is 2.79. The number of rotatable bonds is 1. The van der Waals surface area contributed by atoms with Gasteiger partial charge in [-0.3, -0.25) is 9.59 Å². The van der Waals surface area contributed by atoms with Gasteiger partial charge in [0.15, 0.2) is 5.78 Å². The summed E-state index contributed by atoms with van der Waals surface area (Å²) in [5.74, 6) is 1.43. The number of nitrogens with zero attached hydrogens (tertiary/aromatic N) is 1. The van der Waals surface area contributed by atoms with E-state index in [2.05, 4.69) is 6.92 Å². The van der Waals surface area contributed by atoms with Gasteiger partial charge in [0.2, 0.25) is 5.91 Å². The Balaban J connectivity index is 1.89. The molecule has 2 rings (SSSR count). The predicted molar refractivity (Wildman–Crippen MR) is 61.9 cm³/mol. The second-order valence-corrected chi connectivity index (χ2v) is 5.36. The maximum atomic E-state index is 12.2. The molecule has 0 bridgehead atoms. The van der Waals surface area contributed by atoms with Gasteiger partial charge in [-0.05, 0) is 38.0 Å². The lowest BCUT2D eigenvalue weighted by molar-refractivity contribution is -0.141. The number of amides is 1. The quantitative estimate of drug-likeness (QED) is 0.682. The van der Waals surface area contributed by atoms with Crippen LogP contribution in [0.1, 0.15) is 45.4 Å². The second kappa shape index (κ2) is 4.98. The summed E-state index contributed by atoms with van der Waals surface area (Å²) >= 11 is 0. The first-order valence-electron chi connectivity index (χ1n) is 6.47. The summed E-state index contributed by atoms with van der Waals surface area (Å²) in [4.78, 5) is 25.3. The molecular weight excluding hydrogens is 202 g/mol. The van der Waals surface area contributed by atoms with E-state index in [1.165, 1.54) is 0 Å². The third kappa shape index (κ3) is 2.63. The number of hydrogen-bond donors (Lipinski definition) is 0. The van der Waals surface area contributed by atoms with E-state index in [9.17, 15) is 9.59 Å². The Morgan fingerprint density at radius 1 is 1.25 bits per heavy atom. The molecule has 16 heavy (non-hydrogen) atoms. The van der Waals surface area contributed by atoms with Crippen molar-refractivity contribution in [3.8, 4) is 0 Å². The Kier molecular flexibility index (Phi) is 3.62. The molecule has 0 N–H and O–H groups in total. The molecule has 90 valence electrons. The second-order valence-electron chi connectivity index (χ2n) is 5.36. The average molecular weight is 223 g/mol. The van der Waals surface area contributed by atoms with Crippen molar-refractivity contribution in [2.45, 2.75) is 45.4 Å². The van der Waals surface area contributed by atoms with Gasteiger partial charge in [0.1, 0.15) is 0 Å². The van der Waals surface area contributed by atoms with E-state index in [1.807, 2.05) is 0 Å². The molecule has 3 heteroatoms. The Hall–Kier alpha value is -0.860. The number of ketones is 1. The lowest BCUT2D eigenvalue weighted by Crippen LogP contribution is -2.43. The molecule has 3 nitrogen and oxygen atoms in total. The highest BCUT2D eigenvalue weighted by Gasteiger charge is 2.30. The zero-order valence-electron chi connectivity index (χ0n) is 10.1. The summed E-state index contributed by atoms with van der Waals surface area (Å²) in [5.41, 5.74) is 0. The molecular formula is C13H21NO2. The van der Waals surface area contributed by atoms with Crippen molar-refractivity contribution in [1.29, 1.82) is 0 Å². The smallest absolute Gasteiger partial charge is 0.226 e. The van der Waals surface area contributed by atoms with Crippen LogP contribution in [0.25, 0.3) is 0 Å². The van der Waals surface area contributed by atoms with Crippen LogP contribution >= 0.6 is 0 Å². The minimum absolute atomic E-state index is 0.196. The van der Waals surface area contributed by atoms with Crippen LogP contribution in [0.5, 0.6) is 0 Å². The van der Waals surface area contributed by atoms with Gasteiger partial charge in [-0.2, -0.15) is 0 Å². The van der Waals surface area contributed by atoms with Crippen molar-refractivity contribution < 1.29 is 9.59 Å². The van der Waals surface area contributed by atoms with Crippen LogP contribution in [0.15, 0.2) is 0 Å². The standard InChI is InChI=1S/C13H21NO2/c1-10-4-6-11(7-5-10)13(16)14-8-2-3-12(15)9-14/h10-11H,2-9H2,1H3. The van der Waals surface area contributed by atoms with Gasteiger partial charge in [-0.25, -0.2) is 0 Å². The highest BCUT2D eigenvalue weighted by Crippen LogP contribution is 2.30. The van der Waals surface area contributed by atoms with Crippen LogP contribution in [0, 0.1) is 11.8 Å². The Bertz CT molecular complexity index is 280. The number of carbonyl (C=O) groups is 2. The van der Waals surface area contributed by atoms with Crippen LogP contribution < -0.4 is 0 Å². The monoisotopic (exact) mass is 223 g/mol. The van der Waals surface area contributed by atoms with Crippen molar-refractivity contribution >= 4 is 11.7 Å². The minimum Gasteiger partial charge on any atom is -0.335 e. The summed E-state index contributed by atoms with van der Waals surface area (Å²) < 4.78 is 0. The highest BCUT2D eigenvalue weighted by atomic mass is 16.2. The molecule has 2 aliphatic rings. The van der Waals surface area contributed by atoms with Crippen LogP contribution in [0.4, 0.5) is 0 Å². The highest BCUT2D eigenvalue weighted by molar-refractivity contribution is 5.88. The van der Waals surface area contributed by atoms with E-state index >= 15 is 0 Å². The first-order valence-corrected chi connectivity index (χ1v) is 6.47. The Labute approximate surface area is 97.2 Å². The fraction of sp³-hybridized carbons (Fsp3) is 0.846. The summed E-state index contributed by atoms with van der Waals surface area (Å²) in [5, 5.41) is 0. The lowest BCUT2D eigenvalue weighted by atomic mass is 9.82. The lowest BCUT2D eigenvalue weighted by Gasteiger charge is -2.32. The van der Waals surface area contributed by atoms with Crippen molar-refractivity contribution in [3.05, 3.63) is 0 Å². The third-order valence-electron chi connectivity index (χ3n) is 3.93. The first-order chi connectivity index (χ1) is 7.66. The van der Waals surface area contributed by atoms with Crippen molar-refractivity contribution in [3.63, 3.8) is 0 Å². The normalized spacial score (nSPS) is 31.6. The first kappa shape index (κ1) is 11.6. The average Bonchev–Trinajstić information content (AvgIpc) is 2.29. The molecule has 0 aromatic rings. The van der Waals surface area contributed by atoms with Gasteiger partial charge in [0, 0.05) is 18.9 Å². The summed E-state index contributed by atoms with van der Waals surface area (Å²) in [7, 11) is 0. The zero-order chi connectivity index (χ0) is 11.5. The Morgan fingerprint density at radius 3 is 2.56 bits per heavy atom. The van der Waals surface area contributed by atoms with Gasteiger partial charge in [0.05, 0.1) is 6.54 Å². The molecule has 2 fully saturated rings. The van der Waals surface area contributed by atoms with Gasteiger partial charge in [0.25, 0.3) is 0 Å². The molecule has 0 atom stereocenters. The van der Waals surface area contributed by atoms with Gasteiger partial charge >= 0.3 is 0 Å². The number of Topliss-reactive ketones (excluding diaryl/α,β-unsaturated/α-hetero) is 1. The molecule has 1 heterocycles. The molecule has 0 aromatic carbocycles. The molecule has 1 aliphatic carbocycles. The van der Waals surface area contributed by atoms with Crippen molar-refractivity contribution in [2.75, 3.05) is 13.1 Å². The predicted octanol–water partition coefficient (Wildman–Crippen LogP) is 2.00. The van der Waals surface area contributed by atoms with E-state index < -0.39 is 0 Å². The minimum atomic E-state index is 0.196. The number of hydrogen-bond acceptors (Lipinski definition) is 2. The molecule has 1 saturated carbocycles. The van der Waals surface area contributed by atoms with Crippen LogP contribution in [-0.2, 0) is 9.59 Å². The van der Waals surface area contributed by atoms with Gasteiger partial charge in [-0.1, -0.05) is 6.92 Å². The molecule has 0 spiro atoms. The topological polar surface area (TPSA) is 37.4 Å². The number of piperidine rings is 1. The van der Waals surface area contributed by atoms with Crippen molar-refractivity contribution in [2.24, 2.45) is 11.8 Å². The summed E-state index contributed by atoms with van der Waals surface area (Å²) in [6.07, 6.45) is 5.88. The number of likely N-dealkylation sites (tertiary alicyclic amines) is 1. The van der Waals surface area contributed by atoms with E-state index in [0.29, 0.717) is 13.0 Å². The van der Waals surface area contributed by atoms with E-state index in [0.717, 1.165) is 44.6 Å². The molecule has 1 amide bonds. The SMILES string of the molecule is CC1CCC(C(=O)N2CCCC(=O)C2)CC1. The molecule has 1 aliphatic heterocycles. The molecule has 0 unspecified atom stereocenters. The van der Waals surface area contributed by atoms with Crippen LogP contribution in [0.2, 0.25) is 0 Å². The van der Waals surface area contributed by atoms with E-state index in [1.54, 1.807) is 4.90 Å². The summed E-state index contributed by atoms with van der Waals surface area (Å²) in [6.45, 7) is 3.41. The van der Waals surface area contributed by atoms with Crippen LogP contribution in [0.3, 0.4) is 0 Å². The maximum Gasteiger partial charge on any atom is 0.226 e. The van der Waals surface area contributed by atoms with Gasteiger partial charge in [-0.15, -0.1) is 0 Å². The Morgan fingerprint density at radius 2 is 1.94 bits per heavy atom. The molecule has 1 saturated heterocycles. The largest absolute Gasteiger partial charge is 0.335 e. The number of carbonyl (C=O) groups excluding carboxylic acids is 2. The molecule has 0 aromatic heterocycles. The van der Waals surface area contributed by atoms with Crippen LogP contribution in [-0.4, -0.2) is 29.7 Å². The third-order valence-corrected chi connectivity index (χ3v) is 3.93. The summed E-state index contributed by atoms with van der Waals surface area (Å²) in [6, 6.07) is 0. The molecule has 0 radical (unpaired) electrons. The zero-order valence-corrected chi connectivity index (χ0v) is 10.1. The van der Waals surface area contributed by atoms with E-state index in [-0.39, 0.29) is 17.6 Å². The van der Waals surface area contributed by atoms with Gasteiger partial charge < -0.3 is 4.90 Å². The van der Waals surface area contributed by atoms with E-state index in [4.69, 9.17) is 0 Å². The van der Waals surface area contributed by atoms with Crippen molar-refractivity contribution in [1.82, 2.24) is 4.90 Å².